The van der Waals surface area contributed by atoms with Gasteiger partial charge in [0.15, 0.2) is 0 Å². The molecule has 1 fully saturated rings. The van der Waals surface area contributed by atoms with Gasteiger partial charge in [0.2, 0.25) is 0 Å². The maximum atomic E-state index is 11.8. The molecule has 0 aromatic carbocycles. The molecule has 0 saturated heterocycles. The smallest absolute Gasteiger partial charge is 0.309 e. The molecule has 0 aliphatic heterocycles. The number of rotatable bonds is 8. The Bertz CT molecular complexity index is 220. The van der Waals surface area contributed by atoms with Crippen molar-refractivity contribution in [1.29, 1.82) is 0 Å². The maximum Gasteiger partial charge on any atom is 0.309 e. The Morgan fingerprint density at radius 3 is 2.44 bits per heavy atom. The van der Waals surface area contributed by atoms with E-state index in [0.29, 0.717) is 19.8 Å². The van der Waals surface area contributed by atoms with Crippen LogP contribution in [0.3, 0.4) is 0 Å². The topological polar surface area (TPSA) is 35.5 Å². The minimum absolute atomic E-state index is 0.0105. The number of carbonyl (C=O) groups excluding carboxylic acids is 1. The zero-order valence-electron chi connectivity index (χ0n) is 12.0. The second kappa shape index (κ2) is 9.37. The molecule has 0 aromatic rings. The Morgan fingerprint density at radius 1 is 1.11 bits per heavy atom. The van der Waals surface area contributed by atoms with Crippen molar-refractivity contribution in [2.24, 2.45) is 11.8 Å². The minimum Gasteiger partial charge on any atom is -0.463 e. The van der Waals surface area contributed by atoms with E-state index in [0.717, 1.165) is 18.8 Å². The van der Waals surface area contributed by atoms with Crippen LogP contribution >= 0.6 is 0 Å². The molecule has 0 amide bonds. The van der Waals surface area contributed by atoms with Gasteiger partial charge in [0.05, 0.1) is 12.5 Å². The van der Waals surface area contributed by atoms with E-state index >= 15 is 0 Å². The summed E-state index contributed by atoms with van der Waals surface area (Å²) in [6, 6.07) is 0. The van der Waals surface area contributed by atoms with Gasteiger partial charge in [0, 0.05) is 6.61 Å². The molecule has 1 aliphatic rings. The lowest BCUT2D eigenvalue weighted by Gasteiger charge is -2.27. The third kappa shape index (κ3) is 5.85. The summed E-state index contributed by atoms with van der Waals surface area (Å²) in [7, 11) is 0. The summed E-state index contributed by atoms with van der Waals surface area (Å²) in [6.45, 7) is 5.79. The van der Waals surface area contributed by atoms with Gasteiger partial charge >= 0.3 is 5.97 Å². The van der Waals surface area contributed by atoms with E-state index in [1.165, 1.54) is 32.1 Å². The van der Waals surface area contributed by atoms with E-state index in [9.17, 15) is 4.79 Å². The van der Waals surface area contributed by atoms with Gasteiger partial charge in [-0.25, -0.2) is 0 Å². The molecule has 1 rings (SSSR count). The normalized spacial score (nSPS) is 23.9. The molecule has 0 heterocycles. The quantitative estimate of drug-likeness (QED) is 0.492. The van der Waals surface area contributed by atoms with E-state index in [1.807, 2.05) is 6.92 Å². The van der Waals surface area contributed by atoms with Crippen molar-refractivity contribution in [3.05, 3.63) is 0 Å². The van der Waals surface area contributed by atoms with Crippen LogP contribution in [0.4, 0.5) is 0 Å². The second-order valence-corrected chi connectivity index (χ2v) is 5.22. The average Bonchev–Trinajstić information content (AvgIpc) is 2.41. The highest BCUT2D eigenvalue weighted by Gasteiger charge is 2.26. The lowest BCUT2D eigenvalue weighted by Crippen LogP contribution is -2.25. The summed E-state index contributed by atoms with van der Waals surface area (Å²) in [6.07, 6.45) is 8.37. The first-order valence-electron chi connectivity index (χ1n) is 7.52. The van der Waals surface area contributed by atoms with Gasteiger partial charge in [-0.3, -0.25) is 4.79 Å². The van der Waals surface area contributed by atoms with Crippen LogP contribution in [0.25, 0.3) is 0 Å². The molecule has 18 heavy (non-hydrogen) atoms. The van der Waals surface area contributed by atoms with Crippen LogP contribution in [-0.2, 0) is 14.3 Å². The van der Waals surface area contributed by atoms with Crippen molar-refractivity contribution in [2.45, 2.75) is 58.8 Å². The number of esters is 1. The summed E-state index contributed by atoms with van der Waals surface area (Å²) in [5.41, 5.74) is 0. The van der Waals surface area contributed by atoms with Gasteiger partial charge in [-0.15, -0.1) is 0 Å². The first-order valence-corrected chi connectivity index (χ1v) is 7.52. The Morgan fingerprint density at radius 2 is 1.83 bits per heavy atom. The summed E-state index contributed by atoms with van der Waals surface area (Å²) < 4.78 is 10.4. The first kappa shape index (κ1) is 15.5. The molecule has 0 aromatic heterocycles. The second-order valence-electron chi connectivity index (χ2n) is 5.22. The first-order chi connectivity index (χ1) is 8.77. The van der Waals surface area contributed by atoms with Gasteiger partial charge in [-0.1, -0.05) is 26.2 Å². The van der Waals surface area contributed by atoms with E-state index in [1.54, 1.807) is 0 Å². The van der Waals surface area contributed by atoms with Crippen LogP contribution in [0.5, 0.6) is 0 Å². The van der Waals surface area contributed by atoms with Crippen LogP contribution in [0.15, 0.2) is 0 Å². The molecule has 1 saturated carbocycles. The van der Waals surface area contributed by atoms with Crippen molar-refractivity contribution in [2.75, 3.05) is 19.8 Å². The standard InChI is InChI=1S/C15H28O3/c1-3-5-6-13-7-9-14(10-8-13)15(16)18-12-11-17-4-2/h13-14H,3-12H2,1-2H3. The summed E-state index contributed by atoms with van der Waals surface area (Å²) in [4.78, 5) is 11.8. The molecule has 0 atom stereocenters. The van der Waals surface area contributed by atoms with Gasteiger partial charge in [0.25, 0.3) is 0 Å². The highest BCUT2D eigenvalue weighted by atomic mass is 16.6. The van der Waals surface area contributed by atoms with E-state index in [-0.39, 0.29) is 11.9 Å². The van der Waals surface area contributed by atoms with E-state index in [2.05, 4.69) is 6.92 Å². The van der Waals surface area contributed by atoms with Gasteiger partial charge < -0.3 is 9.47 Å². The number of ether oxygens (including phenoxy) is 2. The molecule has 0 N–H and O–H groups in total. The third-order valence-electron chi connectivity index (χ3n) is 3.82. The van der Waals surface area contributed by atoms with Crippen molar-refractivity contribution < 1.29 is 14.3 Å². The fourth-order valence-electron chi connectivity index (χ4n) is 2.64. The molecular formula is C15H28O3. The van der Waals surface area contributed by atoms with Crippen molar-refractivity contribution >= 4 is 5.97 Å². The molecule has 106 valence electrons. The zero-order chi connectivity index (χ0) is 13.2. The van der Waals surface area contributed by atoms with Crippen LogP contribution < -0.4 is 0 Å². The average molecular weight is 256 g/mol. The Labute approximate surface area is 111 Å². The lowest BCUT2D eigenvalue weighted by atomic mass is 9.80. The van der Waals surface area contributed by atoms with Gasteiger partial charge in [-0.05, 0) is 38.5 Å². The molecule has 0 unspecified atom stereocenters. The van der Waals surface area contributed by atoms with Crippen LogP contribution in [0, 0.1) is 11.8 Å². The third-order valence-corrected chi connectivity index (χ3v) is 3.82. The van der Waals surface area contributed by atoms with Crippen molar-refractivity contribution in [1.82, 2.24) is 0 Å². The number of carbonyl (C=O) groups is 1. The molecule has 3 heteroatoms. The molecule has 0 bridgehead atoms. The fraction of sp³-hybridized carbons (Fsp3) is 0.933. The highest BCUT2D eigenvalue weighted by Crippen LogP contribution is 2.32. The van der Waals surface area contributed by atoms with Crippen LogP contribution in [0.2, 0.25) is 0 Å². The fourth-order valence-corrected chi connectivity index (χ4v) is 2.64. The Balaban J connectivity index is 2.11. The van der Waals surface area contributed by atoms with Crippen LogP contribution in [-0.4, -0.2) is 25.8 Å². The summed E-state index contributed by atoms with van der Waals surface area (Å²) in [5, 5.41) is 0. The monoisotopic (exact) mass is 256 g/mol. The van der Waals surface area contributed by atoms with Gasteiger partial charge in [-0.2, -0.15) is 0 Å². The van der Waals surface area contributed by atoms with Crippen molar-refractivity contribution in [3.63, 3.8) is 0 Å². The molecule has 3 nitrogen and oxygen atoms in total. The highest BCUT2D eigenvalue weighted by molar-refractivity contribution is 5.72. The van der Waals surface area contributed by atoms with Crippen LogP contribution in [0.1, 0.15) is 58.8 Å². The van der Waals surface area contributed by atoms with E-state index in [4.69, 9.17) is 9.47 Å². The number of hydrogen-bond acceptors (Lipinski definition) is 3. The summed E-state index contributed by atoms with van der Waals surface area (Å²) in [5.74, 6) is 0.977. The Hall–Kier alpha value is -0.570. The lowest BCUT2D eigenvalue weighted by molar-refractivity contribution is -0.151. The largest absolute Gasteiger partial charge is 0.463 e. The molecule has 1 aliphatic carbocycles. The minimum atomic E-state index is -0.0105. The number of unbranched alkanes of at least 4 members (excludes halogenated alkanes) is 1. The maximum absolute atomic E-state index is 11.8. The molecular weight excluding hydrogens is 228 g/mol. The molecule has 0 radical (unpaired) electrons. The predicted molar refractivity (Wildman–Crippen MR) is 72.4 cm³/mol. The Kier molecular flexibility index (Phi) is 8.06. The van der Waals surface area contributed by atoms with E-state index < -0.39 is 0 Å². The SMILES string of the molecule is CCCCC1CCC(C(=O)OCCOCC)CC1. The van der Waals surface area contributed by atoms with Gasteiger partial charge in [0.1, 0.15) is 6.61 Å². The predicted octanol–water partition coefficient (Wildman–Crippen LogP) is 3.56. The van der Waals surface area contributed by atoms with Crippen molar-refractivity contribution in [3.8, 4) is 0 Å². The summed E-state index contributed by atoms with van der Waals surface area (Å²) >= 11 is 0. The molecule has 0 spiro atoms. The zero-order valence-corrected chi connectivity index (χ0v) is 12.0. The number of hydrogen-bond donors (Lipinski definition) is 0.